The molecular weight excluding hydrogens is 364 g/mol. The molecule has 0 fully saturated rings. The molecule has 0 atom stereocenters. The molecule has 144 valence electrons. The van der Waals surface area contributed by atoms with E-state index in [9.17, 15) is 13.2 Å². The molecule has 0 bridgehead atoms. The number of nitrogens with one attached hydrogen (secondary N) is 1. The van der Waals surface area contributed by atoms with Crippen molar-refractivity contribution in [2.24, 2.45) is 0 Å². The smallest absolute Gasteiger partial charge is 0.245 e. The maximum atomic E-state index is 12.5. The average molecular weight is 388 g/mol. The van der Waals surface area contributed by atoms with Crippen molar-refractivity contribution in [1.29, 1.82) is 0 Å². The van der Waals surface area contributed by atoms with E-state index < -0.39 is 15.9 Å². The number of nitrogens with zero attached hydrogens (tertiary/aromatic N) is 1. The topological polar surface area (TPSA) is 75.7 Å². The standard InChI is InChI=1S/C20H24N2O4S/c1-5-12-26-18-11-7-10-17(13-18)21-19(23)14-22(27(4,24)25)20-15(2)8-6-9-16(20)3/h5-11,13H,1,12,14H2,2-4H3,(H,21,23). The molecule has 1 amide bonds. The van der Waals surface area contributed by atoms with Gasteiger partial charge in [0.1, 0.15) is 18.9 Å². The monoisotopic (exact) mass is 388 g/mol. The Bertz CT molecular complexity index is 918. The third kappa shape index (κ3) is 5.59. The van der Waals surface area contributed by atoms with Crippen LogP contribution < -0.4 is 14.4 Å². The lowest BCUT2D eigenvalue weighted by molar-refractivity contribution is -0.114. The molecule has 7 heteroatoms. The Kier molecular flexibility index (Phi) is 6.63. The fourth-order valence-corrected chi connectivity index (χ4v) is 3.68. The summed E-state index contributed by atoms with van der Waals surface area (Å²) in [6, 6.07) is 12.4. The summed E-state index contributed by atoms with van der Waals surface area (Å²) in [4.78, 5) is 12.5. The number of anilines is 2. The van der Waals surface area contributed by atoms with E-state index >= 15 is 0 Å². The van der Waals surface area contributed by atoms with Gasteiger partial charge in [-0.3, -0.25) is 9.10 Å². The van der Waals surface area contributed by atoms with Gasteiger partial charge in [-0.25, -0.2) is 8.42 Å². The normalized spacial score (nSPS) is 10.9. The van der Waals surface area contributed by atoms with Gasteiger partial charge in [-0.1, -0.05) is 36.9 Å². The molecule has 2 aromatic rings. The third-order valence-electron chi connectivity index (χ3n) is 3.86. The predicted octanol–water partition coefficient (Wildman–Crippen LogP) is 3.27. The van der Waals surface area contributed by atoms with Gasteiger partial charge in [-0.15, -0.1) is 0 Å². The molecule has 0 aliphatic rings. The molecule has 0 saturated carbocycles. The molecule has 6 nitrogen and oxygen atoms in total. The lowest BCUT2D eigenvalue weighted by atomic mass is 10.1. The molecule has 0 unspecified atom stereocenters. The van der Waals surface area contributed by atoms with E-state index in [4.69, 9.17) is 4.74 Å². The minimum atomic E-state index is -3.63. The second kappa shape index (κ2) is 8.73. The van der Waals surface area contributed by atoms with Crippen molar-refractivity contribution in [3.05, 3.63) is 66.2 Å². The predicted molar refractivity (Wildman–Crippen MR) is 109 cm³/mol. The van der Waals surface area contributed by atoms with Crippen molar-refractivity contribution in [2.75, 3.05) is 29.0 Å². The molecule has 27 heavy (non-hydrogen) atoms. The van der Waals surface area contributed by atoms with Gasteiger partial charge in [0.25, 0.3) is 0 Å². The zero-order valence-electron chi connectivity index (χ0n) is 15.7. The van der Waals surface area contributed by atoms with Gasteiger partial charge in [0.05, 0.1) is 11.9 Å². The summed E-state index contributed by atoms with van der Waals surface area (Å²) in [5.41, 5.74) is 2.62. The fourth-order valence-electron chi connectivity index (χ4n) is 2.71. The highest BCUT2D eigenvalue weighted by atomic mass is 32.2. The Morgan fingerprint density at radius 1 is 1.19 bits per heavy atom. The van der Waals surface area contributed by atoms with Crippen LogP contribution in [0.5, 0.6) is 5.75 Å². The van der Waals surface area contributed by atoms with Crippen LogP contribution in [0.4, 0.5) is 11.4 Å². The summed E-state index contributed by atoms with van der Waals surface area (Å²) in [5.74, 6) is 0.145. The maximum Gasteiger partial charge on any atom is 0.245 e. The Balaban J connectivity index is 2.22. The van der Waals surface area contributed by atoms with Crippen molar-refractivity contribution in [1.82, 2.24) is 0 Å². The van der Waals surface area contributed by atoms with E-state index in [1.54, 1.807) is 30.3 Å². The first-order chi connectivity index (χ1) is 12.7. The van der Waals surface area contributed by atoms with Crippen LogP contribution in [0.2, 0.25) is 0 Å². The molecule has 0 aliphatic heterocycles. The van der Waals surface area contributed by atoms with Crippen LogP contribution in [0, 0.1) is 13.8 Å². The SMILES string of the molecule is C=CCOc1cccc(NC(=O)CN(c2c(C)cccc2C)S(C)(=O)=O)c1. The van der Waals surface area contributed by atoms with Crippen molar-refractivity contribution < 1.29 is 17.9 Å². The van der Waals surface area contributed by atoms with Crippen LogP contribution in [-0.4, -0.2) is 33.7 Å². The van der Waals surface area contributed by atoms with Gasteiger partial charge < -0.3 is 10.1 Å². The largest absolute Gasteiger partial charge is 0.489 e. The number of hydrogen-bond acceptors (Lipinski definition) is 4. The number of aryl methyl sites for hydroxylation is 2. The van der Waals surface area contributed by atoms with Gasteiger partial charge >= 0.3 is 0 Å². The highest BCUT2D eigenvalue weighted by Gasteiger charge is 2.23. The molecule has 2 rings (SSSR count). The summed E-state index contributed by atoms with van der Waals surface area (Å²) in [5, 5.41) is 2.72. The summed E-state index contributed by atoms with van der Waals surface area (Å²) in [7, 11) is -3.63. The number of para-hydroxylation sites is 1. The molecule has 0 heterocycles. The Morgan fingerprint density at radius 2 is 1.81 bits per heavy atom. The highest BCUT2D eigenvalue weighted by molar-refractivity contribution is 7.92. The summed E-state index contributed by atoms with van der Waals surface area (Å²) >= 11 is 0. The van der Waals surface area contributed by atoms with Gasteiger partial charge in [0.2, 0.25) is 15.9 Å². The second-order valence-electron chi connectivity index (χ2n) is 6.19. The summed E-state index contributed by atoms with van der Waals surface area (Å²) in [6.07, 6.45) is 2.72. The number of benzene rings is 2. The molecule has 0 spiro atoms. The highest BCUT2D eigenvalue weighted by Crippen LogP contribution is 2.26. The Morgan fingerprint density at radius 3 is 2.41 bits per heavy atom. The number of carbonyl (C=O) groups is 1. The lowest BCUT2D eigenvalue weighted by Crippen LogP contribution is -2.38. The van der Waals surface area contributed by atoms with Crippen LogP contribution >= 0.6 is 0 Å². The van der Waals surface area contributed by atoms with Gasteiger partial charge in [0.15, 0.2) is 0 Å². The Hall–Kier alpha value is -2.80. The number of amides is 1. The van der Waals surface area contributed by atoms with E-state index in [0.717, 1.165) is 21.7 Å². The first kappa shape index (κ1) is 20.5. The van der Waals surface area contributed by atoms with Crippen LogP contribution in [0.15, 0.2) is 55.1 Å². The third-order valence-corrected chi connectivity index (χ3v) is 4.97. The zero-order valence-corrected chi connectivity index (χ0v) is 16.5. The Labute approximate surface area is 160 Å². The lowest BCUT2D eigenvalue weighted by Gasteiger charge is -2.25. The van der Waals surface area contributed by atoms with Gasteiger partial charge in [0, 0.05) is 11.8 Å². The minimum absolute atomic E-state index is 0.317. The second-order valence-corrected chi connectivity index (χ2v) is 8.09. The van der Waals surface area contributed by atoms with Crippen LogP contribution in [-0.2, 0) is 14.8 Å². The van der Waals surface area contributed by atoms with Crippen molar-refractivity contribution >= 4 is 27.3 Å². The van der Waals surface area contributed by atoms with Crippen molar-refractivity contribution in [2.45, 2.75) is 13.8 Å². The van der Waals surface area contributed by atoms with Crippen LogP contribution in [0.25, 0.3) is 0 Å². The quantitative estimate of drug-likeness (QED) is 0.704. The number of ether oxygens (including phenoxy) is 1. The summed E-state index contributed by atoms with van der Waals surface area (Å²) < 4.78 is 31.2. The first-order valence-electron chi connectivity index (χ1n) is 8.40. The zero-order chi connectivity index (χ0) is 20.0. The molecule has 2 aromatic carbocycles. The number of carbonyl (C=O) groups excluding carboxylic acids is 1. The molecule has 0 saturated heterocycles. The number of rotatable bonds is 8. The van der Waals surface area contributed by atoms with Gasteiger partial charge in [-0.05, 0) is 37.1 Å². The first-order valence-corrected chi connectivity index (χ1v) is 10.2. The van der Waals surface area contributed by atoms with Crippen LogP contribution in [0.1, 0.15) is 11.1 Å². The van der Waals surface area contributed by atoms with Gasteiger partial charge in [-0.2, -0.15) is 0 Å². The van der Waals surface area contributed by atoms with Crippen molar-refractivity contribution in [3.8, 4) is 5.75 Å². The summed E-state index contributed by atoms with van der Waals surface area (Å²) in [6.45, 7) is 7.26. The molecule has 0 aliphatic carbocycles. The van der Waals surface area contributed by atoms with Crippen molar-refractivity contribution in [3.63, 3.8) is 0 Å². The number of hydrogen-bond donors (Lipinski definition) is 1. The molecular formula is C20H24N2O4S. The van der Waals surface area contributed by atoms with E-state index in [2.05, 4.69) is 11.9 Å². The van der Waals surface area contributed by atoms with E-state index in [-0.39, 0.29) is 6.54 Å². The number of sulfonamides is 1. The molecule has 0 radical (unpaired) electrons. The van der Waals surface area contributed by atoms with E-state index in [1.807, 2.05) is 32.0 Å². The molecule has 1 N–H and O–H groups in total. The molecule has 0 aromatic heterocycles. The van der Waals surface area contributed by atoms with Crippen LogP contribution in [0.3, 0.4) is 0 Å². The van der Waals surface area contributed by atoms with E-state index in [1.165, 1.54) is 0 Å². The minimum Gasteiger partial charge on any atom is -0.489 e. The van der Waals surface area contributed by atoms with E-state index in [0.29, 0.717) is 23.7 Å². The maximum absolute atomic E-state index is 12.5. The fraction of sp³-hybridized carbons (Fsp3) is 0.250. The average Bonchev–Trinajstić information content (AvgIpc) is 2.58.